The summed E-state index contributed by atoms with van der Waals surface area (Å²) in [6, 6.07) is 7.84. The number of fused-ring (bicyclic) bond motifs is 1. The maximum atomic E-state index is 12.4. The molecule has 0 spiro atoms. The molecule has 1 aliphatic heterocycles. The van der Waals surface area contributed by atoms with E-state index in [0.29, 0.717) is 22.2 Å². The van der Waals surface area contributed by atoms with Gasteiger partial charge in [-0.15, -0.1) is 0 Å². The molecular formula is C17H17ClN2O5S. The molecule has 3 rings (SSSR count). The summed E-state index contributed by atoms with van der Waals surface area (Å²) < 4.78 is 37.3. The van der Waals surface area contributed by atoms with Crippen LogP contribution in [0, 0.1) is 13.8 Å². The molecule has 7 nitrogen and oxygen atoms in total. The fourth-order valence-corrected chi connectivity index (χ4v) is 3.91. The van der Waals surface area contributed by atoms with Crippen molar-refractivity contribution >= 4 is 33.2 Å². The minimum atomic E-state index is -3.88. The van der Waals surface area contributed by atoms with Crippen LogP contribution < -0.4 is 19.5 Å². The van der Waals surface area contributed by atoms with Crippen molar-refractivity contribution in [1.82, 2.24) is 4.72 Å². The minimum Gasteiger partial charge on any atom is -0.454 e. The normalized spacial score (nSPS) is 12.9. The Labute approximate surface area is 156 Å². The summed E-state index contributed by atoms with van der Waals surface area (Å²) in [5, 5.41) is 3.03. The van der Waals surface area contributed by atoms with Gasteiger partial charge in [-0.3, -0.25) is 4.79 Å². The van der Waals surface area contributed by atoms with Gasteiger partial charge in [-0.2, -0.15) is 0 Å². The van der Waals surface area contributed by atoms with Crippen LogP contribution in [0.15, 0.2) is 35.2 Å². The van der Waals surface area contributed by atoms with Crippen LogP contribution in [0.25, 0.3) is 0 Å². The molecule has 0 saturated carbocycles. The van der Waals surface area contributed by atoms with E-state index in [4.69, 9.17) is 21.1 Å². The fourth-order valence-electron chi connectivity index (χ4n) is 2.55. The first-order valence-electron chi connectivity index (χ1n) is 7.72. The standard InChI is InChI=1S/C17H17ClN2O5S/c1-10-5-11(2)17(13(18)6-10)20-16(21)8-19-26(22,23)12-3-4-14-15(7-12)25-9-24-14/h3-7,19H,8-9H2,1-2H3,(H,20,21). The van der Waals surface area contributed by atoms with Gasteiger partial charge in [-0.25, -0.2) is 13.1 Å². The molecule has 0 aliphatic carbocycles. The van der Waals surface area contributed by atoms with Crippen molar-refractivity contribution in [2.24, 2.45) is 0 Å². The zero-order chi connectivity index (χ0) is 18.9. The van der Waals surface area contributed by atoms with E-state index in [1.807, 2.05) is 19.9 Å². The number of carbonyl (C=O) groups is 1. The minimum absolute atomic E-state index is 0.0147. The van der Waals surface area contributed by atoms with Crippen molar-refractivity contribution in [2.75, 3.05) is 18.7 Å². The van der Waals surface area contributed by atoms with Gasteiger partial charge in [-0.05, 0) is 43.2 Å². The SMILES string of the molecule is Cc1cc(C)c(NC(=O)CNS(=O)(=O)c2ccc3c(c2)OCO3)c(Cl)c1. The number of halogens is 1. The summed E-state index contributed by atoms with van der Waals surface area (Å²) in [7, 11) is -3.88. The van der Waals surface area contributed by atoms with E-state index in [0.717, 1.165) is 11.1 Å². The predicted molar refractivity (Wildman–Crippen MR) is 97.3 cm³/mol. The van der Waals surface area contributed by atoms with Crippen molar-refractivity contribution in [3.63, 3.8) is 0 Å². The molecule has 2 aromatic carbocycles. The molecule has 0 fully saturated rings. The number of rotatable bonds is 5. The van der Waals surface area contributed by atoms with Crippen LogP contribution >= 0.6 is 11.6 Å². The maximum Gasteiger partial charge on any atom is 0.241 e. The summed E-state index contributed by atoms with van der Waals surface area (Å²) in [6.07, 6.45) is 0. The van der Waals surface area contributed by atoms with Crippen molar-refractivity contribution in [3.8, 4) is 11.5 Å². The molecule has 1 aliphatic rings. The number of amides is 1. The van der Waals surface area contributed by atoms with Crippen LogP contribution in [-0.2, 0) is 14.8 Å². The lowest BCUT2D eigenvalue weighted by molar-refractivity contribution is -0.115. The van der Waals surface area contributed by atoms with E-state index >= 15 is 0 Å². The molecule has 26 heavy (non-hydrogen) atoms. The Morgan fingerprint density at radius 3 is 2.62 bits per heavy atom. The lowest BCUT2D eigenvalue weighted by atomic mass is 10.1. The van der Waals surface area contributed by atoms with Crippen molar-refractivity contribution < 1.29 is 22.7 Å². The number of anilines is 1. The molecule has 0 unspecified atom stereocenters. The van der Waals surface area contributed by atoms with Crippen LogP contribution in [0.3, 0.4) is 0 Å². The van der Waals surface area contributed by atoms with Gasteiger partial charge in [0.25, 0.3) is 0 Å². The third kappa shape index (κ3) is 3.92. The van der Waals surface area contributed by atoms with Crippen LogP contribution in [0.4, 0.5) is 5.69 Å². The second kappa shape index (κ2) is 7.14. The summed E-state index contributed by atoms with van der Waals surface area (Å²) in [4.78, 5) is 12.1. The second-order valence-corrected chi connectivity index (χ2v) is 8.00. The van der Waals surface area contributed by atoms with Gasteiger partial charge in [0.05, 0.1) is 22.2 Å². The second-order valence-electron chi connectivity index (χ2n) is 5.83. The molecular weight excluding hydrogens is 380 g/mol. The monoisotopic (exact) mass is 396 g/mol. The van der Waals surface area contributed by atoms with Crippen molar-refractivity contribution in [1.29, 1.82) is 0 Å². The Morgan fingerprint density at radius 1 is 1.15 bits per heavy atom. The van der Waals surface area contributed by atoms with Crippen LogP contribution in [0.1, 0.15) is 11.1 Å². The number of aryl methyl sites for hydroxylation is 2. The lowest BCUT2D eigenvalue weighted by Crippen LogP contribution is -2.33. The third-order valence-corrected chi connectivity index (χ3v) is 5.47. The Bertz CT molecular complexity index is 952. The molecule has 0 atom stereocenters. The molecule has 2 N–H and O–H groups in total. The highest BCUT2D eigenvalue weighted by Gasteiger charge is 2.21. The topological polar surface area (TPSA) is 93.7 Å². The number of hydrogen-bond acceptors (Lipinski definition) is 5. The fraction of sp³-hybridized carbons (Fsp3) is 0.235. The Balaban J connectivity index is 1.67. The van der Waals surface area contributed by atoms with Crippen LogP contribution in [0.5, 0.6) is 11.5 Å². The largest absolute Gasteiger partial charge is 0.454 e. The van der Waals surface area contributed by atoms with E-state index in [9.17, 15) is 13.2 Å². The maximum absolute atomic E-state index is 12.4. The molecule has 2 aromatic rings. The first-order chi connectivity index (χ1) is 12.3. The molecule has 1 amide bonds. The number of carbonyl (C=O) groups excluding carboxylic acids is 1. The zero-order valence-electron chi connectivity index (χ0n) is 14.1. The van der Waals surface area contributed by atoms with Gasteiger partial charge < -0.3 is 14.8 Å². The van der Waals surface area contributed by atoms with Gasteiger partial charge >= 0.3 is 0 Å². The summed E-state index contributed by atoms with van der Waals surface area (Å²) in [5.74, 6) is 0.300. The predicted octanol–water partition coefficient (Wildman–Crippen LogP) is 2.60. The summed E-state index contributed by atoms with van der Waals surface area (Å²) >= 11 is 6.14. The van der Waals surface area contributed by atoms with Crippen molar-refractivity contribution in [3.05, 3.63) is 46.5 Å². The summed E-state index contributed by atoms with van der Waals surface area (Å²) in [5.41, 5.74) is 2.22. The number of benzene rings is 2. The zero-order valence-corrected chi connectivity index (χ0v) is 15.7. The van der Waals surface area contributed by atoms with E-state index in [-0.39, 0.29) is 11.7 Å². The Morgan fingerprint density at radius 2 is 1.88 bits per heavy atom. The highest BCUT2D eigenvalue weighted by Crippen LogP contribution is 2.33. The molecule has 0 radical (unpaired) electrons. The quantitative estimate of drug-likeness (QED) is 0.810. The molecule has 138 valence electrons. The Hall–Kier alpha value is -2.29. The molecule has 9 heteroatoms. The van der Waals surface area contributed by atoms with E-state index in [1.165, 1.54) is 18.2 Å². The Kier molecular flexibility index (Phi) is 5.08. The number of ether oxygens (including phenoxy) is 2. The van der Waals surface area contributed by atoms with E-state index < -0.39 is 22.5 Å². The molecule has 1 heterocycles. The molecule has 0 saturated heterocycles. The highest BCUT2D eigenvalue weighted by atomic mass is 35.5. The number of hydrogen-bond donors (Lipinski definition) is 2. The van der Waals surface area contributed by atoms with Gasteiger partial charge in [0.2, 0.25) is 22.7 Å². The molecule has 0 bridgehead atoms. The van der Waals surface area contributed by atoms with Crippen LogP contribution in [-0.4, -0.2) is 27.7 Å². The molecule has 0 aromatic heterocycles. The van der Waals surface area contributed by atoms with Gasteiger partial charge in [0, 0.05) is 6.07 Å². The summed E-state index contributed by atoms with van der Waals surface area (Å²) in [6.45, 7) is 3.32. The number of nitrogens with one attached hydrogen (secondary N) is 2. The first-order valence-corrected chi connectivity index (χ1v) is 9.58. The van der Waals surface area contributed by atoms with Crippen LogP contribution in [0.2, 0.25) is 5.02 Å². The first kappa shape index (κ1) is 18.5. The van der Waals surface area contributed by atoms with E-state index in [2.05, 4.69) is 10.0 Å². The van der Waals surface area contributed by atoms with Gasteiger partial charge in [0.15, 0.2) is 11.5 Å². The van der Waals surface area contributed by atoms with E-state index in [1.54, 1.807) is 6.07 Å². The van der Waals surface area contributed by atoms with Gasteiger partial charge in [-0.1, -0.05) is 17.7 Å². The average Bonchev–Trinajstić information content (AvgIpc) is 3.04. The van der Waals surface area contributed by atoms with Gasteiger partial charge in [0.1, 0.15) is 0 Å². The lowest BCUT2D eigenvalue weighted by Gasteiger charge is -2.12. The number of sulfonamides is 1. The highest BCUT2D eigenvalue weighted by molar-refractivity contribution is 7.89. The van der Waals surface area contributed by atoms with Crippen molar-refractivity contribution in [2.45, 2.75) is 18.7 Å². The average molecular weight is 397 g/mol. The third-order valence-electron chi connectivity index (χ3n) is 3.77. The smallest absolute Gasteiger partial charge is 0.241 e.